The minimum absolute atomic E-state index is 0.0143. The molecule has 0 saturated heterocycles. The second-order valence-corrected chi connectivity index (χ2v) is 3.61. The van der Waals surface area contributed by atoms with E-state index in [9.17, 15) is 0 Å². The van der Waals surface area contributed by atoms with Gasteiger partial charge < -0.3 is 5.32 Å². The van der Waals surface area contributed by atoms with Gasteiger partial charge in [-0.05, 0) is 41.6 Å². The number of benzene rings is 1. The Kier molecular flexibility index (Phi) is 3.51. The number of rotatable bonds is 3. The molecule has 0 spiro atoms. The van der Waals surface area contributed by atoms with Gasteiger partial charge in [0.1, 0.15) is 17.7 Å². The van der Waals surface area contributed by atoms with Crippen LogP contribution < -0.4 is 5.32 Å². The molecule has 7 heteroatoms. The first-order valence-electron chi connectivity index (χ1n) is 5.37. The molecule has 0 saturated carbocycles. The number of hydrogen-bond acceptors (Lipinski definition) is 6. The normalized spacial score (nSPS) is 9.21. The Bertz CT molecular complexity index is 666. The third-order valence-electron chi connectivity index (χ3n) is 2.36. The van der Waals surface area contributed by atoms with E-state index in [0.29, 0.717) is 5.82 Å². The van der Waals surface area contributed by atoms with Gasteiger partial charge >= 0.3 is 0 Å². The zero-order chi connectivity index (χ0) is 13.7. The predicted octanol–water partition coefficient (Wildman–Crippen LogP) is 1.31. The molecule has 2 rings (SSSR count). The van der Waals surface area contributed by atoms with Crippen LogP contribution in [-0.4, -0.2) is 20.2 Å². The van der Waals surface area contributed by atoms with E-state index in [-0.39, 0.29) is 5.57 Å². The molecule has 1 aromatic heterocycles. The summed E-state index contributed by atoms with van der Waals surface area (Å²) >= 11 is 0. The lowest BCUT2D eigenvalue weighted by Gasteiger charge is -2.04. The third-order valence-corrected chi connectivity index (χ3v) is 2.36. The minimum Gasteiger partial charge on any atom is -0.360 e. The van der Waals surface area contributed by atoms with Crippen molar-refractivity contribution in [3.63, 3.8) is 0 Å². The molecule has 1 heterocycles. The van der Waals surface area contributed by atoms with Crippen molar-refractivity contribution >= 4 is 5.69 Å². The molecule has 0 fully saturated rings. The van der Waals surface area contributed by atoms with Crippen LogP contribution in [0.2, 0.25) is 0 Å². The van der Waals surface area contributed by atoms with Crippen molar-refractivity contribution in [1.82, 2.24) is 20.2 Å². The lowest BCUT2D eigenvalue weighted by molar-refractivity contribution is 0.779. The van der Waals surface area contributed by atoms with Crippen LogP contribution in [0.25, 0.3) is 5.69 Å². The molecule has 2 aromatic rings. The molecule has 0 aliphatic carbocycles. The largest absolute Gasteiger partial charge is 0.360 e. The average molecular weight is 251 g/mol. The van der Waals surface area contributed by atoms with Gasteiger partial charge in [0, 0.05) is 11.9 Å². The summed E-state index contributed by atoms with van der Waals surface area (Å²) in [5.41, 5.74) is 1.61. The number of hydrogen-bond donors (Lipinski definition) is 1. The van der Waals surface area contributed by atoms with E-state index in [1.807, 2.05) is 12.1 Å². The molecule has 92 valence electrons. The van der Waals surface area contributed by atoms with Crippen LogP contribution in [0.3, 0.4) is 0 Å². The Morgan fingerprint density at radius 3 is 2.47 bits per heavy atom. The summed E-state index contributed by atoms with van der Waals surface area (Å²) < 4.78 is 1.61. The molecule has 19 heavy (non-hydrogen) atoms. The van der Waals surface area contributed by atoms with Gasteiger partial charge in [-0.3, -0.25) is 0 Å². The number of anilines is 1. The maximum atomic E-state index is 8.60. The molecule has 0 aliphatic rings. The van der Waals surface area contributed by atoms with Gasteiger partial charge in [-0.2, -0.15) is 15.2 Å². The lowest BCUT2D eigenvalue weighted by Crippen LogP contribution is -1.99. The van der Waals surface area contributed by atoms with Crippen LogP contribution >= 0.6 is 0 Å². The Morgan fingerprint density at radius 1 is 1.26 bits per heavy atom. The molecule has 1 aromatic carbocycles. The molecular weight excluding hydrogens is 242 g/mol. The Labute approximate surface area is 109 Å². The summed E-state index contributed by atoms with van der Waals surface area (Å²) in [6, 6.07) is 10.8. The highest BCUT2D eigenvalue weighted by Crippen LogP contribution is 2.13. The topological polar surface area (TPSA) is 103 Å². The van der Waals surface area contributed by atoms with Gasteiger partial charge in [0.2, 0.25) is 0 Å². The summed E-state index contributed by atoms with van der Waals surface area (Å²) in [6.45, 7) is 1.81. The van der Waals surface area contributed by atoms with Crippen LogP contribution in [0, 0.1) is 29.6 Å². The van der Waals surface area contributed by atoms with Crippen molar-refractivity contribution in [3.05, 3.63) is 41.9 Å². The fourth-order valence-corrected chi connectivity index (χ4v) is 1.41. The molecule has 7 nitrogen and oxygen atoms in total. The first-order chi connectivity index (χ1) is 9.24. The van der Waals surface area contributed by atoms with Crippen LogP contribution in [-0.2, 0) is 0 Å². The molecule has 0 aliphatic heterocycles. The predicted molar refractivity (Wildman–Crippen MR) is 66.8 cm³/mol. The number of tetrazole rings is 1. The zero-order valence-electron chi connectivity index (χ0n) is 10.1. The number of nitrogens with zero attached hydrogens (tertiary/aromatic N) is 6. The van der Waals surface area contributed by atoms with Crippen molar-refractivity contribution in [2.45, 2.75) is 6.92 Å². The molecule has 0 amide bonds. The SMILES string of the molecule is Cc1nnnn1-c1ccc(NC=C(C#N)C#N)cc1. The second kappa shape index (κ2) is 5.43. The van der Waals surface area contributed by atoms with Gasteiger partial charge in [-0.15, -0.1) is 5.10 Å². The van der Waals surface area contributed by atoms with Gasteiger partial charge in [0.15, 0.2) is 5.82 Å². The summed E-state index contributed by atoms with van der Waals surface area (Å²) in [6.07, 6.45) is 1.36. The molecule has 1 N–H and O–H groups in total. The number of allylic oxidation sites excluding steroid dienone is 1. The van der Waals surface area contributed by atoms with Gasteiger partial charge in [0.05, 0.1) is 5.69 Å². The van der Waals surface area contributed by atoms with E-state index in [2.05, 4.69) is 20.8 Å². The highest BCUT2D eigenvalue weighted by Gasteiger charge is 2.02. The van der Waals surface area contributed by atoms with Crippen molar-refractivity contribution in [3.8, 4) is 17.8 Å². The summed E-state index contributed by atoms with van der Waals surface area (Å²) in [5, 5.41) is 31.3. The van der Waals surface area contributed by atoms with Crippen LogP contribution in [0.4, 0.5) is 5.69 Å². The summed E-state index contributed by atoms with van der Waals surface area (Å²) in [7, 11) is 0. The van der Waals surface area contributed by atoms with E-state index in [4.69, 9.17) is 10.5 Å². The molecule has 0 atom stereocenters. The number of aryl methyl sites for hydroxylation is 1. The van der Waals surface area contributed by atoms with E-state index in [0.717, 1.165) is 11.4 Å². The standard InChI is InChI=1S/C12H9N7/c1-9-16-17-18-19(9)12-4-2-11(3-5-12)15-8-10(6-13)7-14/h2-5,8,15H,1H3. The maximum absolute atomic E-state index is 8.60. The highest BCUT2D eigenvalue weighted by atomic mass is 15.5. The van der Waals surface area contributed by atoms with E-state index in [1.54, 1.807) is 35.9 Å². The number of nitrogens with one attached hydrogen (secondary N) is 1. The van der Waals surface area contributed by atoms with Crippen LogP contribution in [0.1, 0.15) is 5.82 Å². The second-order valence-electron chi connectivity index (χ2n) is 3.61. The lowest BCUT2D eigenvalue weighted by atomic mass is 10.2. The van der Waals surface area contributed by atoms with E-state index in [1.165, 1.54) is 6.20 Å². The molecule has 0 radical (unpaired) electrons. The van der Waals surface area contributed by atoms with Crippen LogP contribution in [0.5, 0.6) is 0 Å². The fraction of sp³-hybridized carbons (Fsp3) is 0.0833. The fourth-order valence-electron chi connectivity index (χ4n) is 1.41. The quantitative estimate of drug-likeness (QED) is 0.825. The third kappa shape index (κ3) is 2.73. The van der Waals surface area contributed by atoms with Crippen molar-refractivity contribution in [2.24, 2.45) is 0 Å². The van der Waals surface area contributed by atoms with Gasteiger partial charge in [0.25, 0.3) is 0 Å². The average Bonchev–Trinajstić information content (AvgIpc) is 2.87. The molecular formula is C12H9N7. The van der Waals surface area contributed by atoms with E-state index >= 15 is 0 Å². The molecule has 0 bridgehead atoms. The first kappa shape index (κ1) is 12.3. The molecule has 0 unspecified atom stereocenters. The number of aromatic nitrogens is 4. The zero-order valence-corrected chi connectivity index (χ0v) is 10.1. The van der Waals surface area contributed by atoms with Gasteiger partial charge in [-0.1, -0.05) is 0 Å². The Morgan fingerprint density at radius 2 is 1.95 bits per heavy atom. The smallest absolute Gasteiger partial charge is 0.153 e. The van der Waals surface area contributed by atoms with E-state index < -0.39 is 0 Å². The first-order valence-corrected chi connectivity index (χ1v) is 5.37. The van der Waals surface area contributed by atoms with Gasteiger partial charge in [-0.25, -0.2) is 0 Å². The maximum Gasteiger partial charge on any atom is 0.153 e. The summed E-state index contributed by atoms with van der Waals surface area (Å²) in [4.78, 5) is 0. The minimum atomic E-state index is 0.0143. The Hall–Kier alpha value is -3.19. The highest BCUT2D eigenvalue weighted by molar-refractivity contribution is 5.52. The monoisotopic (exact) mass is 251 g/mol. The number of nitriles is 2. The van der Waals surface area contributed by atoms with Crippen molar-refractivity contribution in [1.29, 1.82) is 10.5 Å². The van der Waals surface area contributed by atoms with Crippen LogP contribution in [0.15, 0.2) is 36.0 Å². The Balaban J connectivity index is 2.17. The van der Waals surface area contributed by atoms with Crippen molar-refractivity contribution < 1.29 is 0 Å². The summed E-state index contributed by atoms with van der Waals surface area (Å²) in [5.74, 6) is 0.692. The van der Waals surface area contributed by atoms with Crippen molar-refractivity contribution in [2.75, 3.05) is 5.32 Å².